The number of ether oxygens (including phenoxy) is 1. The van der Waals surface area contributed by atoms with Gasteiger partial charge in [0, 0.05) is 13.2 Å². The molecule has 1 saturated carbocycles. The summed E-state index contributed by atoms with van der Waals surface area (Å²) in [7, 11) is 0. The van der Waals surface area contributed by atoms with Gasteiger partial charge in [-0.25, -0.2) is 0 Å². The van der Waals surface area contributed by atoms with Crippen LogP contribution in [0.5, 0.6) is 5.75 Å². The molecule has 1 aromatic carbocycles. The van der Waals surface area contributed by atoms with Crippen LogP contribution >= 0.6 is 0 Å². The summed E-state index contributed by atoms with van der Waals surface area (Å²) < 4.78 is 5.65. The molecule has 0 heterocycles. The van der Waals surface area contributed by atoms with Crippen molar-refractivity contribution in [1.82, 2.24) is 5.32 Å². The Kier molecular flexibility index (Phi) is 6.34. The zero-order chi connectivity index (χ0) is 14.2. The van der Waals surface area contributed by atoms with Gasteiger partial charge in [0.25, 0.3) is 0 Å². The Morgan fingerprint density at radius 1 is 1.30 bits per heavy atom. The molecule has 3 nitrogen and oxygen atoms in total. The van der Waals surface area contributed by atoms with Crippen LogP contribution in [0.15, 0.2) is 24.3 Å². The maximum absolute atomic E-state index is 9.33. The van der Waals surface area contributed by atoms with Gasteiger partial charge >= 0.3 is 0 Å². The number of benzene rings is 1. The van der Waals surface area contributed by atoms with Crippen LogP contribution in [0.25, 0.3) is 0 Å². The topological polar surface area (TPSA) is 41.5 Å². The highest BCUT2D eigenvalue weighted by atomic mass is 16.5. The average molecular weight is 277 g/mol. The van der Waals surface area contributed by atoms with E-state index in [2.05, 4.69) is 24.4 Å². The van der Waals surface area contributed by atoms with Crippen LogP contribution in [0.1, 0.15) is 38.2 Å². The molecule has 1 aliphatic carbocycles. The second-order valence-electron chi connectivity index (χ2n) is 5.76. The van der Waals surface area contributed by atoms with Crippen molar-refractivity contribution in [3.63, 3.8) is 0 Å². The largest absolute Gasteiger partial charge is 0.494 e. The third kappa shape index (κ3) is 4.50. The standard InChI is InChI=1S/C17H27NO2/c1-2-9-20-17-8-3-5-14(10-17)11-18-12-15-6-4-7-16(15)13-19/h3,5,8,10,15-16,18-19H,2,4,6-7,9,11-13H2,1H3. The van der Waals surface area contributed by atoms with Gasteiger partial charge in [0.05, 0.1) is 6.61 Å². The lowest BCUT2D eigenvalue weighted by Gasteiger charge is -2.18. The predicted octanol–water partition coefficient (Wildman–Crippen LogP) is 2.97. The highest BCUT2D eigenvalue weighted by Gasteiger charge is 2.25. The fourth-order valence-corrected chi connectivity index (χ4v) is 2.99. The monoisotopic (exact) mass is 277 g/mol. The molecule has 1 aromatic rings. The van der Waals surface area contributed by atoms with Gasteiger partial charge in [-0.15, -0.1) is 0 Å². The molecule has 0 amide bonds. The molecule has 2 unspecified atom stereocenters. The molecule has 20 heavy (non-hydrogen) atoms. The van der Waals surface area contributed by atoms with Gasteiger partial charge in [-0.1, -0.05) is 25.5 Å². The van der Waals surface area contributed by atoms with E-state index in [1.807, 2.05) is 12.1 Å². The van der Waals surface area contributed by atoms with Crippen molar-refractivity contribution >= 4 is 0 Å². The Labute approximate surface area is 122 Å². The SMILES string of the molecule is CCCOc1cccc(CNCC2CCCC2CO)c1. The summed E-state index contributed by atoms with van der Waals surface area (Å²) in [6, 6.07) is 8.30. The van der Waals surface area contributed by atoms with Crippen molar-refractivity contribution in [1.29, 1.82) is 0 Å². The summed E-state index contributed by atoms with van der Waals surface area (Å²) in [6.07, 6.45) is 4.73. The molecule has 0 saturated heterocycles. The van der Waals surface area contributed by atoms with E-state index in [0.29, 0.717) is 18.4 Å². The van der Waals surface area contributed by atoms with Gasteiger partial charge in [0.2, 0.25) is 0 Å². The van der Waals surface area contributed by atoms with Crippen LogP contribution in [0.2, 0.25) is 0 Å². The molecular formula is C17H27NO2. The van der Waals surface area contributed by atoms with Crippen molar-refractivity contribution in [2.45, 2.75) is 39.2 Å². The second kappa shape index (κ2) is 8.28. The zero-order valence-electron chi connectivity index (χ0n) is 12.5. The van der Waals surface area contributed by atoms with E-state index in [9.17, 15) is 5.11 Å². The van der Waals surface area contributed by atoms with Gasteiger partial charge in [-0.05, 0) is 55.3 Å². The predicted molar refractivity (Wildman–Crippen MR) is 81.9 cm³/mol. The summed E-state index contributed by atoms with van der Waals surface area (Å²) in [5, 5.41) is 12.9. The molecule has 0 aromatic heterocycles. The molecule has 0 bridgehead atoms. The summed E-state index contributed by atoms with van der Waals surface area (Å²) in [5.41, 5.74) is 1.26. The van der Waals surface area contributed by atoms with E-state index in [1.165, 1.54) is 24.8 Å². The zero-order valence-corrected chi connectivity index (χ0v) is 12.5. The van der Waals surface area contributed by atoms with Crippen molar-refractivity contribution in [3.05, 3.63) is 29.8 Å². The van der Waals surface area contributed by atoms with Gasteiger partial charge in [-0.3, -0.25) is 0 Å². The summed E-state index contributed by atoms with van der Waals surface area (Å²) >= 11 is 0. The normalized spacial score (nSPS) is 22.1. The maximum atomic E-state index is 9.33. The molecule has 0 radical (unpaired) electrons. The molecule has 2 N–H and O–H groups in total. The van der Waals surface area contributed by atoms with Crippen molar-refractivity contribution < 1.29 is 9.84 Å². The third-order valence-corrected chi connectivity index (χ3v) is 4.16. The Hall–Kier alpha value is -1.06. The first-order valence-electron chi connectivity index (χ1n) is 7.86. The second-order valence-corrected chi connectivity index (χ2v) is 5.76. The van der Waals surface area contributed by atoms with Crippen LogP contribution in [0.3, 0.4) is 0 Å². The first-order valence-corrected chi connectivity index (χ1v) is 7.86. The Balaban J connectivity index is 1.76. The van der Waals surface area contributed by atoms with Crippen molar-refractivity contribution in [2.24, 2.45) is 11.8 Å². The minimum absolute atomic E-state index is 0.340. The van der Waals surface area contributed by atoms with Gasteiger partial charge in [0.15, 0.2) is 0 Å². The lowest BCUT2D eigenvalue weighted by molar-refractivity contribution is 0.192. The van der Waals surface area contributed by atoms with E-state index in [0.717, 1.165) is 31.9 Å². The number of hydrogen-bond donors (Lipinski definition) is 2. The Morgan fingerprint density at radius 2 is 2.15 bits per heavy atom. The molecule has 2 atom stereocenters. The Morgan fingerprint density at radius 3 is 2.95 bits per heavy atom. The molecule has 0 spiro atoms. The minimum Gasteiger partial charge on any atom is -0.494 e. The lowest BCUT2D eigenvalue weighted by Crippen LogP contribution is -2.26. The smallest absolute Gasteiger partial charge is 0.119 e. The molecule has 112 valence electrons. The average Bonchev–Trinajstić information content (AvgIpc) is 2.93. The van der Waals surface area contributed by atoms with E-state index in [4.69, 9.17) is 4.74 Å². The van der Waals surface area contributed by atoms with Crippen molar-refractivity contribution in [2.75, 3.05) is 19.8 Å². The van der Waals surface area contributed by atoms with Crippen LogP contribution in [-0.2, 0) is 6.54 Å². The minimum atomic E-state index is 0.340. The highest BCUT2D eigenvalue weighted by Crippen LogP contribution is 2.30. The summed E-state index contributed by atoms with van der Waals surface area (Å²) in [4.78, 5) is 0. The number of hydrogen-bond acceptors (Lipinski definition) is 3. The summed E-state index contributed by atoms with van der Waals surface area (Å²) in [6.45, 7) is 5.11. The molecule has 0 aliphatic heterocycles. The number of aliphatic hydroxyl groups is 1. The summed E-state index contributed by atoms with van der Waals surface area (Å²) in [5.74, 6) is 2.10. The van der Waals surface area contributed by atoms with E-state index >= 15 is 0 Å². The maximum Gasteiger partial charge on any atom is 0.119 e. The van der Waals surface area contributed by atoms with Crippen LogP contribution in [0.4, 0.5) is 0 Å². The lowest BCUT2D eigenvalue weighted by atomic mass is 9.97. The quantitative estimate of drug-likeness (QED) is 0.767. The third-order valence-electron chi connectivity index (χ3n) is 4.16. The van der Waals surface area contributed by atoms with Crippen LogP contribution < -0.4 is 10.1 Å². The van der Waals surface area contributed by atoms with Gasteiger partial charge < -0.3 is 15.2 Å². The molecular weight excluding hydrogens is 250 g/mol. The van der Waals surface area contributed by atoms with E-state index in [-0.39, 0.29) is 0 Å². The fraction of sp³-hybridized carbons (Fsp3) is 0.647. The Bertz CT molecular complexity index is 394. The van der Waals surface area contributed by atoms with Gasteiger partial charge in [0.1, 0.15) is 5.75 Å². The number of rotatable bonds is 8. The number of nitrogens with one attached hydrogen (secondary N) is 1. The molecule has 1 fully saturated rings. The first-order chi connectivity index (χ1) is 9.83. The fourth-order valence-electron chi connectivity index (χ4n) is 2.99. The van der Waals surface area contributed by atoms with E-state index in [1.54, 1.807) is 0 Å². The van der Waals surface area contributed by atoms with Gasteiger partial charge in [-0.2, -0.15) is 0 Å². The van der Waals surface area contributed by atoms with Crippen LogP contribution in [-0.4, -0.2) is 24.9 Å². The first kappa shape index (κ1) is 15.3. The van der Waals surface area contributed by atoms with Crippen molar-refractivity contribution in [3.8, 4) is 5.75 Å². The number of aliphatic hydroxyl groups excluding tert-OH is 1. The van der Waals surface area contributed by atoms with Crippen LogP contribution in [0, 0.1) is 11.8 Å². The molecule has 1 aliphatic rings. The van der Waals surface area contributed by atoms with E-state index < -0.39 is 0 Å². The molecule has 2 rings (SSSR count). The highest BCUT2D eigenvalue weighted by molar-refractivity contribution is 5.28. The molecule has 3 heteroatoms.